The molecule has 1 aliphatic rings. The molecule has 0 fully saturated rings. The molecule has 0 amide bonds. The lowest BCUT2D eigenvalue weighted by Gasteiger charge is -2.22. The molecule has 1 aromatic carbocycles. The van der Waals surface area contributed by atoms with E-state index in [2.05, 4.69) is 4.72 Å². The lowest BCUT2D eigenvalue weighted by molar-refractivity contribution is 0.453. The van der Waals surface area contributed by atoms with Gasteiger partial charge in [-0.05, 0) is 31.9 Å². The molecule has 4 heteroatoms. The lowest BCUT2D eigenvalue weighted by Crippen LogP contribution is -2.35. The number of sulfonamides is 1. The summed E-state index contributed by atoms with van der Waals surface area (Å²) in [6.07, 6.45) is 4.57. The second-order valence-electron chi connectivity index (χ2n) is 4.21. The van der Waals surface area contributed by atoms with Crippen LogP contribution in [0.5, 0.6) is 0 Å². The maximum Gasteiger partial charge on any atom is 0.241 e. The Hall–Kier alpha value is -1.13. The molecule has 0 bridgehead atoms. The first-order valence-corrected chi connectivity index (χ1v) is 6.72. The van der Waals surface area contributed by atoms with Gasteiger partial charge in [-0.25, -0.2) is 13.1 Å². The van der Waals surface area contributed by atoms with Crippen molar-refractivity contribution in [3.8, 4) is 0 Å². The minimum Gasteiger partial charge on any atom is -0.207 e. The Bertz CT molecular complexity index is 534. The Kier molecular flexibility index (Phi) is 2.64. The van der Waals surface area contributed by atoms with Gasteiger partial charge < -0.3 is 0 Å². The highest BCUT2D eigenvalue weighted by molar-refractivity contribution is 7.89. The molecule has 1 aromatic rings. The van der Waals surface area contributed by atoms with Crippen LogP contribution in [0.2, 0.25) is 0 Å². The van der Waals surface area contributed by atoms with Crippen LogP contribution in [0.25, 0.3) is 0 Å². The summed E-state index contributed by atoms with van der Waals surface area (Å²) in [4.78, 5) is 0.405. The molecule has 3 nitrogen and oxygen atoms in total. The Morgan fingerprint density at radius 1 is 1.38 bits per heavy atom. The van der Waals surface area contributed by atoms with Crippen LogP contribution >= 0.6 is 0 Å². The van der Waals surface area contributed by atoms with Crippen LogP contribution in [-0.2, 0) is 15.6 Å². The number of fused-ring (bicyclic) bond motifs is 1. The SMILES string of the molecule is CC=CC[C@]1(C)NS(=O)(=O)c2ccccc21. The number of hydrogen-bond donors (Lipinski definition) is 1. The van der Waals surface area contributed by atoms with E-state index in [1.54, 1.807) is 12.1 Å². The topological polar surface area (TPSA) is 46.2 Å². The fraction of sp³-hybridized carbons (Fsp3) is 0.333. The average Bonchev–Trinajstić information content (AvgIpc) is 2.45. The Balaban J connectivity index is 2.56. The van der Waals surface area contributed by atoms with Crippen molar-refractivity contribution in [3.63, 3.8) is 0 Å². The van der Waals surface area contributed by atoms with Crippen LogP contribution in [0, 0.1) is 0 Å². The normalized spacial score (nSPS) is 27.1. The minimum absolute atomic E-state index is 0.405. The molecular weight excluding hydrogens is 222 g/mol. The van der Waals surface area contributed by atoms with Crippen molar-refractivity contribution < 1.29 is 8.42 Å². The van der Waals surface area contributed by atoms with Gasteiger partial charge in [-0.1, -0.05) is 30.4 Å². The third-order valence-corrected chi connectivity index (χ3v) is 4.55. The molecule has 0 radical (unpaired) electrons. The maximum absolute atomic E-state index is 11.9. The molecule has 1 aliphatic heterocycles. The third-order valence-electron chi connectivity index (χ3n) is 2.89. The maximum atomic E-state index is 11.9. The summed E-state index contributed by atoms with van der Waals surface area (Å²) in [5.41, 5.74) is 0.343. The van der Waals surface area contributed by atoms with E-state index in [4.69, 9.17) is 0 Å². The summed E-state index contributed by atoms with van der Waals surface area (Å²) in [6, 6.07) is 7.14. The fourth-order valence-electron chi connectivity index (χ4n) is 2.07. The highest BCUT2D eigenvalue weighted by Crippen LogP contribution is 2.37. The van der Waals surface area contributed by atoms with E-state index in [0.717, 1.165) is 5.56 Å². The van der Waals surface area contributed by atoms with Crippen LogP contribution in [0.3, 0.4) is 0 Å². The molecule has 1 N–H and O–H groups in total. The van der Waals surface area contributed by atoms with Gasteiger partial charge in [0, 0.05) is 0 Å². The summed E-state index contributed by atoms with van der Waals surface area (Å²) >= 11 is 0. The van der Waals surface area contributed by atoms with Crippen LogP contribution in [0.15, 0.2) is 41.3 Å². The molecule has 16 heavy (non-hydrogen) atoms. The van der Waals surface area contributed by atoms with E-state index in [1.165, 1.54) is 0 Å². The smallest absolute Gasteiger partial charge is 0.207 e. The number of rotatable bonds is 2. The summed E-state index contributed by atoms with van der Waals surface area (Å²) in [6.45, 7) is 3.84. The molecule has 0 unspecified atom stereocenters. The first-order valence-electron chi connectivity index (χ1n) is 5.24. The molecule has 0 aromatic heterocycles. The second kappa shape index (κ2) is 3.71. The summed E-state index contributed by atoms with van der Waals surface area (Å²) < 4.78 is 26.5. The monoisotopic (exact) mass is 237 g/mol. The van der Waals surface area contributed by atoms with Crippen molar-refractivity contribution in [2.24, 2.45) is 0 Å². The molecule has 86 valence electrons. The first kappa shape index (κ1) is 11.4. The van der Waals surface area contributed by atoms with Gasteiger partial charge in [0.2, 0.25) is 10.0 Å². The minimum atomic E-state index is -3.33. The van der Waals surface area contributed by atoms with Gasteiger partial charge in [0.15, 0.2) is 0 Å². The van der Waals surface area contributed by atoms with Crippen LogP contribution in [-0.4, -0.2) is 8.42 Å². The zero-order valence-electron chi connectivity index (χ0n) is 9.40. The molecule has 0 saturated carbocycles. The van der Waals surface area contributed by atoms with Crippen molar-refractivity contribution in [1.82, 2.24) is 4.72 Å². The van der Waals surface area contributed by atoms with Gasteiger partial charge in [0.05, 0.1) is 10.4 Å². The van der Waals surface area contributed by atoms with E-state index in [1.807, 2.05) is 38.1 Å². The van der Waals surface area contributed by atoms with E-state index >= 15 is 0 Å². The third kappa shape index (κ3) is 1.68. The predicted octanol–water partition coefficient (Wildman–Crippen LogP) is 2.16. The van der Waals surface area contributed by atoms with Crippen molar-refractivity contribution in [1.29, 1.82) is 0 Å². The summed E-state index contributed by atoms with van der Waals surface area (Å²) in [5, 5.41) is 0. The number of nitrogens with one attached hydrogen (secondary N) is 1. The Labute approximate surface area is 96.2 Å². The van der Waals surface area contributed by atoms with Gasteiger partial charge >= 0.3 is 0 Å². The van der Waals surface area contributed by atoms with Gasteiger partial charge in [-0.3, -0.25) is 0 Å². The lowest BCUT2D eigenvalue weighted by atomic mass is 9.90. The molecule has 2 rings (SSSR count). The fourth-order valence-corrected chi connectivity index (χ4v) is 3.81. The molecule has 0 spiro atoms. The largest absolute Gasteiger partial charge is 0.241 e. The second-order valence-corrected chi connectivity index (χ2v) is 5.86. The Morgan fingerprint density at radius 3 is 2.75 bits per heavy atom. The highest BCUT2D eigenvalue weighted by Gasteiger charge is 2.41. The number of allylic oxidation sites excluding steroid dienone is 1. The van der Waals surface area contributed by atoms with E-state index in [0.29, 0.717) is 11.3 Å². The summed E-state index contributed by atoms with van der Waals surface area (Å²) in [5.74, 6) is 0. The van der Waals surface area contributed by atoms with Gasteiger partial charge in [0.1, 0.15) is 0 Å². The molecule has 0 aliphatic carbocycles. The molecule has 1 heterocycles. The van der Waals surface area contributed by atoms with E-state index < -0.39 is 15.6 Å². The zero-order chi connectivity index (χ0) is 11.8. The predicted molar refractivity (Wildman–Crippen MR) is 63.5 cm³/mol. The average molecular weight is 237 g/mol. The van der Waals surface area contributed by atoms with Gasteiger partial charge in [0.25, 0.3) is 0 Å². The van der Waals surface area contributed by atoms with Gasteiger partial charge in [-0.15, -0.1) is 0 Å². The van der Waals surface area contributed by atoms with Crippen LogP contribution in [0.1, 0.15) is 25.8 Å². The number of benzene rings is 1. The van der Waals surface area contributed by atoms with Crippen molar-refractivity contribution in [2.75, 3.05) is 0 Å². The summed E-state index contributed by atoms with van der Waals surface area (Å²) in [7, 11) is -3.33. The van der Waals surface area contributed by atoms with Crippen LogP contribution in [0.4, 0.5) is 0 Å². The first-order chi connectivity index (χ1) is 7.49. The zero-order valence-corrected chi connectivity index (χ0v) is 10.2. The Morgan fingerprint density at radius 2 is 2.06 bits per heavy atom. The van der Waals surface area contributed by atoms with Crippen LogP contribution < -0.4 is 4.72 Å². The van der Waals surface area contributed by atoms with Gasteiger partial charge in [-0.2, -0.15) is 0 Å². The van der Waals surface area contributed by atoms with Crippen molar-refractivity contribution in [2.45, 2.75) is 30.7 Å². The molecule has 0 saturated heterocycles. The van der Waals surface area contributed by atoms with Crippen molar-refractivity contribution >= 4 is 10.0 Å². The molecule has 1 atom stereocenters. The number of hydrogen-bond acceptors (Lipinski definition) is 2. The standard InChI is InChI=1S/C12H15NO2S/c1-3-4-9-12(2)10-7-5-6-8-11(10)16(14,15)13-12/h3-8,13H,9H2,1-2H3/t12-/m0/s1. The molecular formula is C12H15NO2S. The van der Waals surface area contributed by atoms with Crippen molar-refractivity contribution in [3.05, 3.63) is 42.0 Å². The van der Waals surface area contributed by atoms with E-state index in [-0.39, 0.29) is 0 Å². The quantitative estimate of drug-likeness (QED) is 0.801. The van der Waals surface area contributed by atoms with E-state index in [9.17, 15) is 8.42 Å². The highest BCUT2D eigenvalue weighted by atomic mass is 32.2.